The molecule has 0 radical (unpaired) electrons. The lowest BCUT2D eigenvalue weighted by Crippen LogP contribution is -2.35. The van der Waals surface area contributed by atoms with Crippen molar-refractivity contribution in [1.29, 1.82) is 0 Å². The quantitative estimate of drug-likeness (QED) is 0.482. The fourth-order valence-corrected chi connectivity index (χ4v) is 4.80. The van der Waals surface area contributed by atoms with Crippen molar-refractivity contribution in [3.8, 4) is 0 Å². The zero-order valence-electron chi connectivity index (χ0n) is 15.6. The number of rotatable bonds is 10. The highest BCUT2D eigenvalue weighted by Crippen LogP contribution is 2.33. The van der Waals surface area contributed by atoms with E-state index in [9.17, 15) is 9.90 Å². The molecule has 7 heteroatoms. The highest BCUT2D eigenvalue weighted by molar-refractivity contribution is 7.18. The Labute approximate surface area is 163 Å². The minimum atomic E-state index is -0.630. The molecule has 0 saturated heterocycles. The van der Waals surface area contributed by atoms with Gasteiger partial charge in [0.1, 0.15) is 10.7 Å². The van der Waals surface area contributed by atoms with E-state index in [2.05, 4.69) is 18.1 Å². The molecule has 0 spiro atoms. The van der Waals surface area contributed by atoms with Crippen LogP contribution in [0.4, 0.5) is 0 Å². The predicted molar refractivity (Wildman–Crippen MR) is 109 cm³/mol. The van der Waals surface area contributed by atoms with E-state index in [1.807, 2.05) is 4.90 Å². The third kappa shape index (κ3) is 4.93. The van der Waals surface area contributed by atoms with E-state index in [-0.39, 0.29) is 12.2 Å². The molecule has 0 saturated carbocycles. The largest absolute Gasteiger partial charge is 0.389 e. The number of fused-ring (bicyclic) bond motifs is 3. The van der Waals surface area contributed by atoms with Crippen LogP contribution < -0.4 is 5.56 Å². The average Bonchev–Trinajstić information content (AvgIpc) is 3.00. The van der Waals surface area contributed by atoms with E-state index in [1.165, 1.54) is 16.9 Å². The number of thiophene rings is 1. The maximum atomic E-state index is 12.7. The maximum Gasteiger partial charge on any atom is 0.259 e. The lowest BCUT2D eigenvalue weighted by atomic mass is 9.97. The molecule has 2 aromatic heterocycles. The van der Waals surface area contributed by atoms with Gasteiger partial charge in [0.25, 0.3) is 5.56 Å². The molecule has 0 aromatic carbocycles. The Morgan fingerprint density at radius 2 is 2.15 bits per heavy atom. The number of nitrogens with zero attached hydrogens (tertiary/aromatic N) is 2. The van der Waals surface area contributed by atoms with E-state index < -0.39 is 6.10 Å². The monoisotopic (exact) mass is 389 g/mol. The molecular weight excluding hydrogens is 362 g/mol. The molecule has 27 heavy (non-hydrogen) atoms. The van der Waals surface area contributed by atoms with Crippen LogP contribution in [0.15, 0.2) is 30.1 Å². The van der Waals surface area contributed by atoms with Gasteiger partial charge in [-0.2, -0.15) is 0 Å². The van der Waals surface area contributed by atoms with Crippen molar-refractivity contribution >= 4 is 21.6 Å². The number of aromatic nitrogens is 2. The molecule has 0 amide bonds. The SMILES string of the molecule is C=CCOCC(O)CN(CC=C)Cc1nc2sc3c(c2c(=O)[nH]1)CCCC3. The van der Waals surface area contributed by atoms with Gasteiger partial charge >= 0.3 is 0 Å². The van der Waals surface area contributed by atoms with Gasteiger partial charge in [0.05, 0.1) is 31.2 Å². The Hall–Kier alpha value is -1.80. The number of aromatic amines is 1. The normalized spacial score (nSPS) is 15.0. The van der Waals surface area contributed by atoms with Gasteiger partial charge in [0, 0.05) is 18.0 Å². The molecule has 1 atom stereocenters. The van der Waals surface area contributed by atoms with Crippen molar-refractivity contribution in [3.05, 3.63) is 51.9 Å². The Morgan fingerprint density at radius 1 is 1.33 bits per heavy atom. The predicted octanol–water partition coefficient (Wildman–Crippen LogP) is 2.41. The Kier molecular flexibility index (Phi) is 6.95. The third-order valence-electron chi connectivity index (χ3n) is 4.65. The molecule has 146 valence electrons. The van der Waals surface area contributed by atoms with Crippen LogP contribution in [0.1, 0.15) is 29.1 Å². The zero-order valence-corrected chi connectivity index (χ0v) is 16.4. The van der Waals surface area contributed by atoms with Gasteiger partial charge in [0.15, 0.2) is 0 Å². The van der Waals surface area contributed by atoms with Crippen LogP contribution in [0.25, 0.3) is 10.2 Å². The molecule has 0 fully saturated rings. The second kappa shape index (κ2) is 9.41. The molecule has 2 N–H and O–H groups in total. The average molecular weight is 390 g/mol. The van der Waals surface area contributed by atoms with Crippen LogP contribution in [0.2, 0.25) is 0 Å². The minimum absolute atomic E-state index is 0.0529. The molecule has 2 aromatic rings. The molecule has 2 heterocycles. The second-order valence-corrected chi connectivity index (χ2v) is 7.95. The van der Waals surface area contributed by atoms with Gasteiger partial charge in [-0.15, -0.1) is 24.5 Å². The van der Waals surface area contributed by atoms with Crippen molar-refractivity contribution in [2.24, 2.45) is 0 Å². The van der Waals surface area contributed by atoms with Crippen molar-refractivity contribution in [1.82, 2.24) is 14.9 Å². The number of aryl methyl sites for hydroxylation is 2. The summed E-state index contributed by atoms with van der Waals surface area (Å²) in [4.78, 5) is 24.4. The molecule has 1 unspecified atom stereocenters. The summed E-state index contributed by atoms with van der Waals surface area (Å²) in [5.74, 6) is 0.618. The number of hydrogen-bond acceptors (Lipinski definition) is 6. The minimum Gasteiger partial charge on any atom is -0.389 e. The van der Waals surface area contributed by atoms with Crippen molar-refractivity contribution in [3.63, 3.8) is 0 Å². The highest BCUT2D eigenvalue weighted by atomic mass is 32.1. The fraction of sp³-hybridized carbons (Fsp3) is 0.500. The number of aliphatic hydroxyl groups excluding tert-OH is 1. The van der Waals surface area contributed by atoms with Gasteiger partial charge in [-0.1, -0.05) is 12.2 Å². The second-order valence-electron chi connectivity index (χ2n) is 6.87. The molecule has 0 aliphatic heterocycles. The first kappa shape index (κ1) is 19.9. The van der Waals surface area contributed by atoms with Crippen LogP contribution in [0.5, 0.6) is 0 Å². The standard InChI is InChI=1S/C20H27N3O3S/c1-3-9-23(11-14(24)13-26-10-4-2)12-17-21-19(25)18-15-7-5-6-8-16(15)27-20(18)22-17/h3-4,14,24H,1-2,5-13H2,(H,21,22,25). The van der Waals surface area contributed by atoms with Gasteiger partial charge in [0.2, 0.25) is 0 Å². The smallest absolute Gasteiger partial charge is 0.259 e. The number of ether oxygens (including phenoxy) is 1. The number of nitrogens with one attached hydrogen (secondary N) is 1. The molecule has 1 aliphatic carbocycles. The third-order valence-corrected chi connectivity index (χ3v) is 5.84. The first-order chi connectivity index (χ1) is 13.1. The summed E-state index contributed by atoms with van der Waals surface area (Å²) < 4.78 is 5.30. The summed E-state index contributed by atoms with van der Waals surface area (Å²) in [5.41, 5.74) is 1.14. The van der Waals surface area contributed by atoms with Gasteiger partial charge < -0.3 is 14.8 Å². The van der Waals surface area contributed by atoms with E-state index in [1.54, 1.807) is 23.5 Å². The zero-order chi connectivity index (χ0) is 19.2. The van der Waals surface area contributed by atoms with Crippen LogP contribution in [-0.2, 0) is 24.1 Å². The molecule has 3 rings (SSSR count). The van der Waals surface area contributed by atoms with E-state index in [0.29, 0.717) is 32.1 Å². The van der Waals surface area contributed by atoms with Crippen molar-refractivity contribution in [2.45, 2.75) is 38.3 Å². The first-order valence-corrected chi connectivity index (χ1v) is 10.2. The van der Waals surface area contributed by atoms with Gasteiger partial charge in [-0.3, -0.25) is 9.69 Å². The lowest BCUT2D eigenvalue weighted by Gasteiger charge is -2.23. The Balaban J connectivity index is 1.75. The summed E-state index contributed by atoms with van der Waals surface area (Å²) in [6.07, 6.45) is 7.14. The fourth-order valence-electron chi connectivity index (χ4n) is 3.52. The topological polar surface area (TPSA) is 78.5 Å². The van der Waals surface area contributed by atoms with Crippen LogP contribution in [0, 0.1) is 0 Å². The summed E-state index contributed by atoms with van der Waals surface area (Å²) in [6, 6.07) is 0. The lowest BCUT2D eigenvalue weighted by molar-refractivity contribution is 0.0265. The van der Waals surface area contributed by atoms with Crippen LogP contribution in [0.3, 0.4) is 0 Å². The summed E-state index contributed by atoms with van der Waals surface area (Å²) >= 11 is 1.65. The van der Waals surface area contributed by atoms with Gasteiger partial charge in [-0.05, 0) is 31.2 Å². The molecule has 0 bridgehead atoms. The molecule has 6 nitrogen and oxygen atoms in total. The highest BCUT2D eigenvalue weighted by Gasteiger charge is 2.20. The van der Waals surface area contributed by atoms with Crippen molar-refractivity contribution in [2.75, 3.05) is 26.3 Å². The molecule has 1 aliphatic rings. The Bertz CT molecular complexity index is 858. The number of aliphatic hydroxyl groups is 1. The van der Waals surface area contributed by atoms with E-state index in [4.69, 9.17) is 9.72 Å². The number of hydrogen-bond donors (Lipinski definition) is 2. The first-order valence-electron chi connectivity index (χ1n) is 9.35. The maximum absolute atomic E-state index is 12.7. The summed E-state index contributed by atoms with van der Waals surface area (Å²) in [5, 5.41) is 10.9. The Morgan fingerprint density at radius 3 is 2.93 bits per heavy atom. The van der Waals surface area contributed by atoms with Crippen LogP contribution >= 0.6 is 11.3 Å². The molecular formula is C20H27N3O3S. The van der Waals surface area contributed by atoms with Crippen molar-refractivity contribution < 1.29 is 9.84 Å². The van der Waals surface area contributed by atoms with Gasteiger partial charge in [-0.25, -0.2) is 4.98 Å². The number of H-pyrrole nitrogens is 1. The summed E-state index contributed by atoms with van der Waals surface area (Å²) in [7, 11) is 0. The van der Waals surface area contributed by atoms with E-state index >= 15 is 0 Å². The van der Waals surface area contributed by atoms with E-state index in [0.717, 1.165) is 29.5 Å². The van der Waals surface area contributed by atoms with Crippen LogP contribution in [-0.4, -0.2) is 52.4 Å². The summed E-state index contributed by atoms with van der Waals surface area (Å²) in [6.45, 7) is 9.45.